The van der Waals surface area contributed by atoms with Crippen LogP contribution in [0.15, 0.2) is 0 Å². The van der Waals surface area contributed by atoms with Crippen molar-refractivity contribution in [2.45, 2.75) is 25.7 Å². The average molecular weight is 243 g/mol. The Morgan fingerprint density at radius 2 is 2.25 bits per heavy atom. The molecule has 1 unspecified atom stereocenters. The van der Waals surface area contributed by atoms with Crippen LogP contribution < -0.4 is 5.32 Å². The van der Waals surface area contributed by atoms with E-state index in [1.165, 1.54) is 0 Å². The molecule has 1 atom stereocenters. The van der Waals surface area contributed by atoms with Gasteiger partial charge in [-0.2, -0.15) is 0 Å². The normalized spacial score (nSPS) is 22.6. The summed E-state index contributed by atoms with van der Waals surface area (Å²) < 4.78 is 22.3. The van der Waals surface area contributed by atoms with Crippen LogP contribution in [0.25, 0.3) is 0 Å². The first-order chi connectivity index (χ1) is 7.53. The van der Waals surface area contributed by atoms with E-state index in [1.807, 2.05) is 0 Å². The molecule has 1 saturated heterocycles. The van der Waals surface area contributed by atoms with E-state index in [1.54, 1.807) is 0 Å². The van der Waals surface area contributed by atoms with Crippen LogP contribution in [-0.4, -0.2) is 32.4 Å². The Bertz CT molecular complexity index is 381. The van der Waals surface area contributed by atoms with Gasteiger partial charge in [0.25, 0.3) is 0 Å². The van der Waals surface area contributed by atoms with Gasteiger partial charge in [-0.1, -0.05) is 0 Å². The third-order valence-electron chi connectivity index (χ3n) is 2.62. The van der Waals surface area contributed by atoms with Crippen LogP contribution in [0.5, 0.6) is 0 Å². The highest BCUT2D eigenvalue weighted by Crippen LogP contribution is 2.21. The summed E-state index contributed by atoms with van der Waals surface area (Å²) in [5, 5.41) is 2.74. The van der Waals surface area contributed by atoms with Crippen molar-refractivity contribution in [3.05, 3.63) is 0 Å². The van der Waals surface area contributed by atoms with Crippen molar-refractivity contribution >= 4 is 15.7 Å². The fraction of sp³-hybridized carbons (Fsp3) is 0.727. The van der Waals surface area contributed by atoms with Crippen molar-refractivity contribution in [1.82, 2.24) is 5.32 Å². The van der Waals surface area contributed by atoms with Crippen molar-refractivity contribution < 1.29 is 13.2 Å². The molecule has 0 spiro atoms. The number of sulfone groups is 1. The Hall–Kier alpha value is -1.02. The lowest BCUT2D eigenvalue weighted by Crippen LogP contribution is -2.26. The van der Waals surface area contributed by atoms with Crippen molar-refractivity contribution in [2.24, 2.45) is 5.92 Å². The number of carbonyl (C=O) groups is 1. The monoisotopic (exact) mass is 243 g/mol. The van der Waals surface area contributed by atoms with Crippen LogP contribution in [0.4, 0.5) is 0 Å². The third-order valence-corrected chi connectivity index (χ3v) is 4.46. The van der Waals surface area contributed by atoms with Gasteiger partial charge in [0.2, 0.25) is 5.91 Å². The molecule has 1 rings (SSSR count). The Labute approximate surface area is 96.7 Å². The first-order valence-electron chi connectivity index (χ1n) is 5.44. The second kappa shape index (κ2) is 5.90. The summed E-state index contributed by atoms with van der Waals surface area (Å²) in [6, 6.07) is 0. The molecule has 0 aromatic rings. The predicted octanol–water partition coefficient (Wildman–Crippen LogP) is 0.341. The van der Waals surface area contributed by atoms with Crippen molar-refractivity contribution in [3.8, 4) is 12.3 Å². The van der Waals surface area contributed by atoms with Crippen molar-refractivity contribution in [2.75, 3.05) is 18.1 Å². The first-order valence-corrected chi connectivity index (χ1v) is 7.26. The van der Waals surface area contributed by atoms with E-state index in [0.717, 1.165) is 6.42 Å². The van der Waals surface area contributed by atoms with Gasteiger partial charge in [-0.15, -0.1) is 12.3 Å². The molecule has 1 heterocycles. The fourth-order valence-electron chi connectivity index (χ4n) is 1.79. The van der Waals surface area contributed by atoms with Crippen molar-refractivity contribution in [1.29, 1.82) is 0 Å². The number of nitrogens with one attached hydrogen (secondary N) is 1. The molecule has 0 aromatic heterocycles. The summed E-state index contributed by atoms with van der Waals surface area (Å²) >= 11 is 0. The molecule has 0 radical (unpaired) electrons. The largest absolute Gasteiger partial charge is 0.356 e. The zero-order valence-corrected chi connectivity index (χ0v) is 10.1. The number of hydrogen-bond donors (Lipinski definition) is 1. The van der Waals surface area contributed by atoms with Gasteiger partial charge in [-0.25, -0.2) is 8.42 Å². The lowest BCUT2D eigenvalue weighted by atomic mass is 10.1. The highest BCUT2D eigenvalue weighted by atomic mass is 32.2. The molecule has 0 aromatic carbocycles. The molecule has 90 valence electrons. The van der Waals surface area contributed by atoms with Gasteiger partial charge >= 0.3 is 0 Å². The van der Waals surface area contributed by atoms with E-state index in [2.05, 4.69) is 11.2 Å². The zero-order chi connectivity index (χ0) is 12.0. The molecule has 1 aliphatic rings. The summed E-state index contributed by atoms with van der Waals surface area (Å²) in [5.41, 5.74) is 0. The van der Waals surface area contributed by atoms with Gasteiger partial charge in [0.05, 0.1) is 11.5 Å². The number of hydrogen-bond acceptors (Lipinski definition) is 3. The summed E-state index contributed by atoms with van der Waals surface area (Å²) in [6.07, 6.45) is 7.42. The summed E-state index contributed by atoms with van der Waals surface area (Å²) in [6.45, 7) is 0.572. The number of rotatable bonds is 5. The van der Waals surface area contributed by atoms with Gasteiger partial charge in [0.1, 0.15) is 0 Å². The van der Waals surface area contributed by atoms with Crippen LogP contribution >= 0.6 is 0 Å². The van der Waals surface area contributed by atoms with Gasteiger partial charge in [0, 0.05) is 19.4 Å². The molecule has 1 amide bonds. The van der Waals surface area contributed by atoms with E-state index >= 15 is 0 Å². The minimum atomic E-state index is -2.88. The van der Waals surface area contributed by atoms with E-state index < -0.39 is 9.84 Å². The number of carbonyl (C=O) groups excluding carboxylic acids is 1. The maximum absolute atomic E-state index is 11.4. The smallest absolute Gasteiger partial charge is 0.220 e. The summed E-state index contributed by atoms with van der Waals surface area (Å²) in [7, 11) is -2.88. The second-order valence-electron chi connectivity index (χ2n) is 4.13. The van der Waals surface area contributed by atoms with Gasteiger partial charge in [-0.05, 0) is 18.8 Å². The van der Waals surface area contributed by atoms with E-state index in [9.17, 15) is 13.2 Å². The standard InChI is InChI=1S/C11H17NO3S/c1-2-3-4-6-12-11(13)8-10-5-7-16(14,15)9-10/h1,10H,3-9H2,(H,12,13). The molecule has 16 heavy (non-hydrogen) atoms. The summed E-state index contributed by atoms with van der Waals surface area (Å²) in [5.74, 6) is 2.80. The third kappa shape index (κ3) is 4.67. The molecule has 0 saturated carbocycles. The zero-order valence-electron chi connectivity index (χ0n) is 9.24. The molecular weight excluding hydrogens is 226 g/mol. The fourth-order valence-corrected chi connectivity index (χ4v) is 3.65. The molecule has 1 fully saturated rings. The topological polar surface area (TPSA) is 63.2 Å². The summed E-state index contributed by atoms with van der Waals surface area (Å²) in [4.78, 5) is 11.4. The number of unbranched alkanes of at least 4 members (excludes halogenated alkanes) is 1. The molecular formula is C11H17NO3S. The number of terminal acetylenes is 1. The molecule has 0 bridgehead atoms. The molecule has 4 nitrogen and oxygen atoms in total. The Balaban J connectivity index is 2.18. The van der Waals surface area contributed by atoms with Crippen LogP contribution in [0.2, 0.25) is 0 Å². The van der Waals surface area contributed by atoms with Crippen LogP contribution in [-0.2, 0) is 14.6 Å². The Kier molecular flexibility index (Phi) is 4.81. The van der Waals surface area contributed by atoms with E-state index in [0.29, 0.717) is 25.8 Å². The van der Waals surface area contributed by atoms with E-state index in [4.69, 9.17) is 6.42 Å². The van der Waals surface area contributed by atoms with Crippen LogP contribution in [0.3, 0.4) is 0 Å². The molecule has 0 aliphatic carbocycles. The van der Waals surface area contributed by atoms with E-state index in [-0.39, 0.29) is 23.3 Å². The van der Waals surface area contributed by atoms with Gasteiger partial charge < -0.3 is 5.32 Å². The van der Waals surface area contributed by atoms with Crippen molar-refractivity contribution in [3.63, 3.8) is 0 Å². The Morgan fingerprint density at radius 1 is 1.50 bits per heavy atom. The molecule has 1 N–H and O–H groups in total. The maximum Gasteiger partial charge on any atom is 0.220 e. The van der Waals surface area contributed by atoms with Gasteiger partial charge in [0.15, 0.2) is 9.84 Å². The Morgan fingerprint density at radius 3 is 2.81 bits per heavy atom. The SMILES string of the molecule is C#CCCCNC(=O)CC1CCS(=O)(=O)C1. The average Bonchev–Trinajstić information content (AvgIpc) is 2.53. The second-order valence-corrected chi connectivity index (χ2v) is 6.36. The quantitative estimate of drug-likeness (QED) is 0.559. The minimum Gasteiger partial charge on any atom is -0.356 e. The minimum absolute atomic E-state index is 0.00219. The number of amides is 1. The lowest BCUT2D eigenvalue weighted by molar-refractivity contribution is -0.121. The maximum atomic E-state index is 11.4. The molecule has 1 aliphatic heterocycles. The highest BCUT2D eigenvalue weighted by Gasteiger charge is 2.29. The predicted molar refractivity (Wildman–Crippen MR) is 62.5 cm³/mol. The van der Waals surface area contributed by atoms with Crippen LogP contribution in [0, 0.1) is 18.3 Å². The van der Waals surface area contributed by atoms with Crippen LogP contribution in [0.1, 0.15) is 25.7 Å². The highest BCUT2D eigenvalue weighted by molar-refractivity contribution is 7.91. The first kappa shape index (κ1) is 13.0. The van der Waals surface area contributed by atoms with Gasteiger partial charge in [-0.3, -0.25) is 4.79 Å². The lowest BCUT2D eigenvalue weighted by Gasteiger charge is -2.07. The molecule has 5 heteroatoms.